The first-order valence-corrected chi connectivity index (χ1v) is 11.1. The van der Waals surface area contributed by atoms with E-state index in [2.05, 4.69) is 14.6 Å². The van der Waals surface area contributed by atoms with Crippen molar-refractivity contribution in [2.45, 2.75) is 4.90 Å². The molecule has 0 atom stereocenters. The van der Waals surface area contributed by atoms with Crippen LogP contribution in [0.25, 0.3) is 10.1 Å². The van der Waals surface area contributed by atoms with Crippen LogP contribution in [0.3, 0.4) is 0 Å². The number of hydrogen-bond donors (Lipinski definition) is 1. The number of amides is 1. The highest BCUT2D eigenvalue weighted by Gasteiger charge is 2.29. The minimum Gasteiger partial charge on any atom is -0.355 e. The molecule has 28 heavy (non-hydrogen) atoms. The molecule has 1 aliphatic heterocycles. The predicted molar refractivity (Wildman–Crippen MR) is 110 cm³/mol. The highest BCUT2D eigenvalue weighted by Crippen LogP contribution is 2.30. The molecule has 1 N–H and O–H groups in total. The Morgan fingerprint density at radius 2 is 1.71 bits per heavy atom. The van der Waals surface area contributed by atoms with Crippen LogP contribution in [0.4, 0.5) is 5.82 Å². The number of rotatable bonds is 4. The molecule has 1 amide bonds. The van der Waals surface area contributed by atoms with Crippen molar-refractivity contribution in [3.05, 3.63) is 54.1 Å². The van der Waals surface area contributed by atoms with Crippen molar-refractivity contribution in [3.63, 3.8) is 0 Å². The molecular weight excluding hydrogens is 396 g/mol. The number of fused-ring (bicyclic) bond motifs is 1. The van der Waals surface area contributed by atoms with Gasteiger partial charge in [-0.2, -0.15) is 8.68 Å². The molecule has 4 rings (SSSR count). The molecule has 1 aliphatic rings. The molecule has 1 fully saturated rings. The zero-order valence-corrected chi connectivity index (χ0v) is 17.0. The van der Waals surface area contributed by atoms with E-state index in [-0.39, 0.29) is 10.8 Å². The fraction of sp³-hybridized carbons (Fsp3) is 0.263. The number of hydrogen-bond acceptors (Lipinski definition) is 6. The van der Waals surface area contributed by atoms with E-state index in [1.54, 1.807) is 0 Å². The van der Waals surface area contributed by atoms with Gasteiger partial charge in [0.15, 0.2) is 0 Å². The quantitative estimate of drug-likeness (QED) is 0.705. The monoisotopic (exact) mass is 416 g/mol. The topological polar surface area (TPSA) is 82.6 Å². The van der Waals surface area contributed by atoms with Crippen molar-refractivity contribution in [2.24, 2.45) is 0 Å². The lowest BCUT2D eigenvalue weighted by Gasteiger charge is -2.34. The lowest BCUT2D eigenvalue weighted by Crippen LogP contribution is -2.48. The lowest BCUT2D eigenvalue weighted by atomic mass is 10.2. The summed E-state index contributed by atoms with van der Waals surface area (Å²) < 4.78 is 33.1. The average molecular weight is 417 g/mol. The Hall–Kier alpha value is -2.49. The van der Waals surface area contributed by atoms with Crippen molar-refractivity contribution in [2.75, 3.05) is 38.1 Å². The highest BCUT2D eigenvalue weighted by atomic mass is 32.2. The Balaban J connectivity index is 1.49. The smallest absolute Gasteiger partial charge is 0.251 e. The third kappa shape index (κ3) is 3.36. The van der Waals surface area contributed by atoms with E-state index >= 15 is 0 Å². The van der Waals surface area contributed by atoms with Gasteiger partial charge >= 0.3 is 0 Å². The normalized spacial score (nSPS) is 15.7. The molecule has 146 valence electrons. The van der Waals surface area contributed by atoms with Gasteiger partial charge < -0.3 is 10.2 Å². The maximum Gasteiger partial charge on any atom is 0.251 e. The summed E-state index contributed by atoms with van der Waals surface area (Å²) in [7, 11) is -2.05. The maximum atomic E-state index is 12.9. The summed E-state index contributed by atoms with van der Waals surface area (Å²) in [5, 5.41) is 3.63. The standard InChI is InChI=1S/C19H20N4O3S2/c1-20-19(24)14-6-8-15(9-7-14)28(25,26)23-12-10-22(11-13-23)18-16-4-2-3-5-17(16)27-21-18/h2-9H,10-13H2,1H3,(H,20,24). The number of carbonyl (C=O) groups is 1. The Bertz CT molecular complexity index is 1100. The van der Waals surface area contributed by atoms with Crippen LogP contribution in [0.5, 0.6) is 0 Å². The van der Waals surface area contributed by atoms with Crippen LogP contribution in [-0.4, -0.2) is 56.2 Å². The van der Waals surface area contributed by atoms with Crippen LogP contribution < -0.4 is 10.2 Å². The van der Waals surface area contributed by atoms with Gasteiger partial charge in [0.05, 0.1) is 9.60 Å². The summed E-state index contributed by atoms with van der Waals surface area (Å²) in [4.78, 5) is 14.0. The molecule has 0 unspecified atom stereocenters. The number of nitrogens with zero attached hydrogens (tertiary/aromatic N) is 3. The van der Waals surface area contributed by atoms with Crippen molar-refractivity contribution in [1.29, 1.82) is 0 Å². The lowest BCUT2D eigenvalue weighted by molar-refractivity contribution is 0.0963. The SMILES string of the molecule is CNC(=O)c1ccc(S(=O)(=O)N2CCN(c3nsc4ccccc34)CC2)cc1. The fourth-order valence-corrected chi connectivity index (χ4v) is 5.53. The van der Waals surface area contributed by atoms with E-state index in [0.29, 0.717) is 31.7 Å². The summed E-state index contributed by atoms with van der Waals surface area (Å²) in [5.41, 5.74) is 0.432. The van der Waals surface area contributed by atoms with E-state index in [1.165, 1.54) is 47.2 Å². The van der Waals surface area contributed by atoms with Gasteiger partial charge in [-0.3, -0.25) is 4.79 Å². The minimum absolute atomic E-state index is 0.202. The summed E-state index contributed by atoms with van der Waals surface area (Å²) in [5.74, 6) is 0.681. The number of aromatic nitrogens is 1. The minimum atomic E-state index is -3.59. The van der Waals surface area contributed by atoms with Gasteiger partial charge in [0.1, 0.15) is 5.82 Å². The van der Waals surface area contributed by atoms with E-state index in [9.17, 15) is 13.2 Å². The third-order valence-corrected chi connectivity index (χ3v) is 7.61. The fourth-order valence-electron chi connectivity index (χ4n) is 3.31. The zero-order chi connectivity index (χ0) is 19.7. The van der Waals surface area contributed by atoms with Crippen LogP contribution in [-0.2, 0) is 10.0 Å². The van der Waals surface area contributed by atoms with Crippen LogP contribution in [0.1, 0.15) is 10.4 Å². The van der Waals surface area contributed by atoms with E-state index in [4.69, 9.17) is 0 Å². The molecule has 0 radical (unpaired) electrons. The molecule has 3 aromatic rings. The second-order valence-corrected chi connectivity index (χ2v) is 9.24. The number of piperazine rings is 1. The van der Waals surface area contributed by atoms with Gasteiger partial charge in [-0.1, -0.05) is 12.1 Å². The van der Waals surface area contributed by atoms with E-state index in [0.717, 1.165) is 15.9 Å². The number of benzene rings is 2. The molecule has 9 heteroatoms. The molecule has 2 aromatic carbocycles. The van der Waals surface area contributed by atoms with Crippen LogP contribution in [0.15, 0.2) is 53.4 Å². The second kappa shape index (κ2) is 7.50. The molecule has 0 bridgehead atoms. The van der Waals surface area contributed by atoms with Crippen molar-refractivity contribution in [1.82, 2.24) is 14.0 Å². The van der Waals surface area contributed by atoms with Gasteiger partial charge in [-0.25, -0.2) is 8.42 Å². The number of carbonyl (C=O) groups excluding carboxylic acids is 1. The third-order valence-electron chi connectivity index (χ3n) is 4.88. The van der Waals surface area contributed by atoms with Crippen molar-refractivity contribution >= 4 is 43.4 Å². The van der Waals surface area contributed by atoms with Crippen LogP contribution in [0, 0.1) is 0 Å². The van der Waals surface area contributed by atoms with Crippen molar-refractivity contribution in [3.8, 4) is 0 Å². The molecular formula is C19H20N4O3S2. The van der Waals surface area contributed by atoms with Gasteiger partial charge in [0.25, 0.3) is 5.91 Å². The van der Waals surface area contributed by atoms with Gasteiger partial charge in [0.2, 0.25) is 10.0 Å². The molecule has 7 nitrogen and oxygen atoms in total. The van der Waals surface area contributed by atoms with Crippen LogP contribution >= 0.6 is 11.5 Å². The van der Waals surface area contributed by atoms with Crippen LogP contribution in [0.2, 0.25) is 0 Å². The number of sulfonamides is 1. The largest absolute Gasteiger partial charge is 0.355 e. The first-order valence-electron chi connectivity index (χ1n) is 8.92. The maximum absolute atomic E-state index is 12.9. The second-order valence-electron chi connectivity index (χ2n) is 6.50. The Labute approximate surface area is 167 Å². The molecule has 1 saturated heterocycles. The summed E-state index contributed by atoms with van der Waals surface area (Å²) >= 11 is 1.46. The van der Waals surface area contributed by atoms with E-state index < -0.39 is 10.0 Å². The predicted octanol–water partition coefficient (Wildman–Crippen LogP) is 2.17. The van der Waals surface area contributed by atoms with Gasteiger partial charge in [0, 0.05) is 44.2 Å². The molecule has 0 aliphatic carbocycles. The zero-order valence-electron chi connectivity index (χ0n) is 15.3. The first-order chi connectivity index (χ1) is 13.5. The summed E-state index contributed by atoms with van der Waals surface area (Å²) in [6.45, 7) is 1.96. The van der Waals surface area contributed by atoms with Gasteiger partial charge in [-0.05, 0) is 47.9 Å². The average Bonchev–Trinajstić information content (AvgIpc) is 3.17. The van der Waals surface area contributed by atoms with E-state index in [1.807, 2.05) is 24.3 Å². The highest BCUT2D eigenvalue weighted by molar-refractivity contribution is 7.89. The Morgan fingerprint density at radius 1 is 1.04 bits per heavy atom. The Morgan fingerprint density at radius 3 is 2.39 bits per heavy atom. The molecule has 0 saturated carbocycles. The Kier molecular flexibility index (Phi) is 5.05. The number of nitrogens with one attached hydrogen (secondary N) is 1. The first kappa shape index (κ1) is 18.9. The van der Waals surface area contributed by atoms with Crippen molar-refractivity contribution < 1.29 is 13.2 Å². The molecule has 1 aromatic heterocycles. The molecule has 2 heterocycles. The summed E-state index contributed by atoms with van der Waals surface area (Å²) in [6, 6.07) is 14.1. The summed E-state index contributed by atoms with van der Waals surface area (Å²) in [6.07, 6.45) is 0. The molecule has 0 spiro atoms. The van der Waals surface area contributed by atoms with Gasteiger partial charge in [-0.15, -0.1) is 0 Å². The number of anilines is 1.